The third-order valence-corrected chi connectivity index (χ3v) is 6.91. The Kier molecular flexibility index (Phi) is 4.69. The van der Waals surface area contributed by atoms with Crippen molar-refractivity contribution in [2.24, 2.45) is 5.92 Å². The van der Waals surface area contributed by atoms with Crippen LogP contribution in [-0.2, 0) is 16.6 Å². The largest absolute Gasteiger partial charge is 0.313 e. The number of halogens is 1. The van der Waals surface area contributed by atoms with Crippen LogP contribution in [0.25, 0.3) is 11.2 Å². The summed E-state index contributed by atoms with van der Waals surface area (Å²) in [5, 5.41) is 0. The predicted molar refractivity (Wildman–Crippen MR) is 100 cm³/mol. The smallest absolute Gasteiger partial charge is 0.243 e. The Morgan fingerprint density at radius 3 is 2.93 bits per heavy atom. The van der Waals surface area contributed by atoms with Crippen LogP contribution in [-0.4, -0.2) is 40.3 Å². The molecule has 142 valence electrons. The van der Waals surface area contributed by atoms with Gasteiger partial charge in [0.1, 0.15) is 17.2 Å². The van der Waals surface area contributed by atoms with Gasteiger partial charge in [-0.3, -0.25) is 0 Å². The molecule has 1 saturated heterocycles. The van der Waals surface area contributed by atoms with Crippen LogP contribution in [0.1, 0.15) is 18.7 Å². The maximum Gasteiger partial charge on any atom is 0.243 e. The molecule has 1 atom stereocenters. The summed E-state index contributed by atoms with van der Waals surface area (Å²) in [4.78, 5) is 8.96. The Morgan fingerprint density at radius 2 is 2.11 bits per heavy atom. The van der Waals surface area contributed by atoms with E-state index in [1.807, 2.05) is 19.1 Å². The molecule has 3 aromatic rings. The van der Waals surface area contributed by atoms with E-state index in [0.29, 0.717) is 19.6 Å². The van der Waals surface area contributed by atoms with Crippen LogP contribution in [0.5, 0.6) is 0 Å². The van der Waals surface area contributed by atoms with Crippen molar-refractivity contribution in [2.45, 2.75) is 31.2 Å². The first kappa shape index (κ1) is 18.1. The summed E-state index contributed by atoms with van der Waals surface area (Å²) in [7, 11) is -3.70. The highest BCUT2D eigenvalue weighted by Crippen LogP contribution is 2.26. The highest BCUT2D eigenvalue weighted by atomic mass is 32.2. The van der Waals surface area contributed by atoms with E-state index >= 15 is 0 Å². The Morgan fingerprint density at radius 1 is 1.26 bits per heavy atom. The first-order chi connectivity index (χ1) is 12.9. The molecule has 0 spiro atoms. The molecule has 0 bridgehead atoms. The van der Waals surface area contributed by atoms with Gasteiger partial charge in [-0.2, -0.15) is 4.31 Å². The molecule has 3 heterocycles. The number of sulfonamides is 1. The van der Waals surface area contributed by atoms with Gasteiger partial charge in [-0.15, -0.1) is 0 Å². The number of pyridine rings is 1. The maximum atomic E-state index is 13.5. The van der Waals surface area contributed by atoms with Crippen molar-refractivity contribution in [1.82, 2.24) is 18.8 Å². The average molecular weight is 388 g/mol. The molecule has 1 aromatic carbocycles. The Bertz CT molecular complexity index is 1080. The maximum absolute atomic E-state index is 13.5. The SMILES string of the molecule is Cc1nc2cccnc2n1CC1CCCN(S(=O)(=O)c2cccc(F)c2)C1. The van der Waals surface area contributed by atoms with Crippen LogP contribution in [0.15, 0.2) is 47.5 Å². The monoisotopic (exact) mass is 388 g/mol. The summed E-state index contributed by atoms with van der Waals surface area (Å²) in [5.41, 5.74) is 1.66. The number of fused-ring (bicyclic) bond motifs is 1. The second-order valence-corrected chi connectivity index (χ2v) is 8.88. The van der Waals surface area contributed by atoms with Crippen LogP contribution in [0, 0.1) is 18.7 Å². The molecule has 0 amide bonds. The molecule has 4 rings (SSSR count). The minimum atomic E-state index is -3.70. The molecule has 0 aliphatic carbocycles. The lowest BCUT2D eigenvalue weighted by Crippen LogP contribution is -2.41. The first-order valence-corrected chi connectivity index (χ1v) is 10.4. The fourth-order valence-corrected chi connectivity index (χ4v) is 5.31. The zero-order chi connectivity index (χ0) is 19.0. The quantitative estimate of drug-likeness (QED) is 0.689. The minimum Gasteiger partial charge on any atom is -0.313 e. The van der Waals surface area contributed by atoms with E-state index < -0.39 is 15.8 Å². The highest BCUT2D eigenvalue weighted by Gasteiger charge is 2.31. The third-order valence-electron chi connectivity index (χ3n) is 5.05. The molecule has 1 aliphatic heterocycles. The average Bonchev–Trinajstić information content (AvgIpc) is 2.97. The summed E-state index contributed by atoms with van der Waals surface area (Å²) >= 11 is 0. The van der Waals surface area contributed by atoms with E-state index in [1.54, 1.807) is 6.20 Å². The van der Waals surface area contributed by atoms with Gasteiger partial charge >= 0.3 is 0 Å². The molecular formula is C19H21FN4O2S. The molecular weight excluding hydrogens is 367 g/mol. The van der Waals surface area contributed by atoms with Crippen LogP contribution < -0.4 is 0 Å². The van der Waals surface area contributed by atoms with Crippen molar-refractivity contribution >= 4 is 21.2 Å². The molecule has 27 heavy (non-hydrogen) atoms. The van der Waals surface area contributed by atoms with Crippen molar-refractivity contribution in [2.75, 3.05) is 13.1 Å². The number of aryl methyl sites for hydroxylation is 1. The van der Waals surface area contributed by atoms with Gasteiger partial charge in [0.05, 0.1) is 4.90 Å². The molecule has 0 radical (unpaired) electrons. The molecule has 6 nitrogen and oxygen atoms in total. The standard InChI is InChI=1S/C19H21FN4O2S/c1-14-22-18-8-3-9-21-19(18)24(14)13-15-5-4-10-23(12-15)27(25,26)17-7-2-6-16(20)11-17/h2-3,6-9,11,15H,4-5,10,12-13H2,1H3. The molecule has 0 N–H and O–H groups in total. The van der Waals surface area contributed by atoms with E-state index in [1.165, 1.54) is 22.5 Å². The van der Waals surface area contributed by atoms with Crippen LogP contribution in [0.3, 0.4) is 0 Å². The first-order valence-electron chi connectivity index (χ1n) is 8.99. The minimum absolute atomic E-state index is 0.00841. The van der Waals surface area contributed by atoms with Gasteiger partial charge < -0.3 is 4.57 Å². The Hall–Kier alpha value is -2.32. The third kappa shape index (κ3) is 3.46. The van der Waals surface area contributed by atoms with E-state index in [-0.39, 0.29) is 10.8 Å². The van der Waals surface area contributed by atoms with Crippen molar-refractivity contribution < 1.29 is 12.8 Å². The van der Waals surface area contributed by atoms with Crippen molar-refractivity contribution in [3.05, 3.63) is 54.2 Å². The van der Waals surface area contributed by atoms with E-state index in [9.17, 15) is 12.8 Å². The number of benzene rings is 1. The van der Waals surface area contributed by atoms with E-state index in [4.69, 9.17) is 0 Å². The zero-order valence-corrected chi connectivity index (χ0v) is 15.9. The highest BCUT2D eigenvalue weighted by molar-refractivity contribution is 7.89. The number of aromatic nitrogens is 3. The van der Waals surface area contributed by atoms with E-state index in [2.05, 4.69) is 14.5 Å². The predicted octanol–water partition coefficient (Wildman–Crippen LogP) is 2.98. The molecule has 1 fully saturated rings. The molecule has 1 aliphatic rings. The van der Waals surface area contributed by atoms with Crippen molar-refractivity contribution in [1.29, 1.82) is 0 Å². The summed E-state index contributed by atoms with van der Waals surface area (Å²) in [6, 6.07) is 8.98. The van der Waals surface area contributed by atoms with Gasteiger partial charge in [-0.1, -0.05) is 6.07 Å². The normalized spacial score (nSPS) is 18.8. The van der Waals surface area contributed by atoms with Crippen LogP contribution in [0.4, 0.5) is 4.39 Å². The number of imidazole rings is 1. The molecule has 0 saturated carbocycles. The number of hydrogen-bond acceptors (Lipinski definition) is 4. The van der Waals surface area contributed by atoms with Gasteiger partial charge in [0.2, 0.25) is 10.0 Å². The number of nitrogens with zero attached hydrogens (tertiary/aromatic N) is 4. The van der Waals surface area contributed by atoms with Crippen LogP contribution in [0.2, 0.25) is 0 Å². The fraction of sp³-hybridized carbons (Fsp3) is 0.368. The fourth-order valence-electron chi connectivity index (χ4n) is 3.72. The lowest BCUT2D eigenvalue weighted by Gasteiger charge is -2.32. The second kappa shape index (κ2) is 7.01. The molecule has 2 aromatic heterocycles. The lowest BCUT2D eigenvalue weighted by atomic mass is 9.99. The summed E-state index contributed by atoms with van der Waals surface area (Å²) in [6.07, 6.45) is 3.45. The van der Waals surface area contributed by atoms with Crippen molar-refractivity contribution in [3.8, 4) is 0 Å². The van der Waals surface area contributed by atoms with Gasteiger partial charge in [0.15, 0.2) is 5.65 Å². The van der Waals surface area contributed by atoms with Crippen LogP contribution >= 0.6 is 0 Å². The molecule has 8 heteroatoms. The second-order valence-electron chi connectivity index (χ2n) is 6.94. The number of hydrogen-bond donors (Lipinski definition) is 0. The molecule has 1 unspecified atom stereocenters. The topological polar surface area (TPSA) is 68.1 Å². The zero-order valence-electron chi connectivity index (χ0n) is 15.0. The van der Waals surface area contributed by atoms with Crippen molar-refractivity contribution in [3.63, 3.8) is 0 Å². The Balaban J connectivity index is 1.57. The number of piperidine rings is 1. The van der Waals surface area contributed by atoms with Gasteiger partial charge in [0, 0.05) is 25.8 Å². The van der Waals surface area contributed by atoms with Gasteiger partial charge in [0.25, 0.3) is 0 Å². The summed E-state index contributed by atoms with van der Waals surface area (Å²) in [5.74, 6) is 0.477. The summed E-state index contributed by atoms with van der Waals surface area (Å²) < 4.78 is 42.8. The number of rotatable bonds is 4. The Labute approximate surface area is 157 Å². The summed E-state index contributed by atoms with van der Waals surface area (Å²) in [6.45, 7) is 3.46. The lowest BCUT2D eigenvalue weighted by molar-refractivity contribution is 0.245. The van der Waals surface area contributed by atoms with E-state index in [0.717, 1.165) is 35.9 Å². The van der Waals surface area contributed by atoms with Gasteiger partial charge in [-0.05, 0) is 56.0 Å². The van der Waals surface area contributed by atoms with Gasteiger partial charge in [-0.25, -0.2) is 22.8 Å².